The van der Waals surface area contributed by atoms with Gasteiger partial charge in [-0.15, -0.1) is 0 Å². The number of rotatable bonds is 4. The molecule has 0 heterocycles. The third-order valence-corrected chi connectivity index (χ3v) is 2.76. The van der Waals surface area contributed by atoms with Crippen molar-refractivity contribution in [1.29, 1.82) is 0 Å². The molecule has 0 spiro atoms. The van der Waals surface area contributed by atoms with Crippen LogP contribution in [0.15, 0.2) is 24.3 Å². The average Bonchev–Trinajstić information content (AvgIpc) is 2.28. The monoisotopic (exact) mass is 274 g/mol. The van der Waals surface area contributed by atoms with E-state index < -0.39 is 5.97 Å². The number of carbonyl (C=O) groups is 1. The first-order chi connectivity index (χ1) is 7.19. The lowest BCUT2D eigenvalue weighted by atomic mass is 9.97. The zero-order valence-corrected chi connectivity index (χ0v) is 9.96. The van der Waals surface area contributed by atoms with Crippen molar-refractivity contribution in [3.63, 3.8) is 0 Å². The highest BCUT2D eigenvalue weighted by atomic mass is 79.9. The third-order valence-electron chi connectivity index (χ3n) is 2.30. The molecular formula is C11H12BrFO2. The van der Waals surface area contributed by atoms with E-state index in [4.69, 9.17) is 0 Å². The fraction of sp³-hybridized carbons (Fsp3) is 0.364. The van der Waals surface area contributed by atoms with Crippen molar-refractivity contribution in [3.8, 4) is 0 Å². The summed E-state index contributed by atoms with van der Waals surface area (Å²) >= 11 is 3.36. The Kier molecular flexibility index (Phi) is 4.75. The van der Waals surface area contributed by atoms with Gasteiger partial charge < -0.3 is 0 Å². The zero-order chi connectivity index (χ0) is 11.3. The molecule has 1 aromatic rings. The zero-order valence-electron chi connectivity index (χ0n) is 8.37. The van der Waals surface area contributed by atoms with Gasteiger partial charge in [-0.3, -0.25) is 0 Å². The Morgan fingerprint density at radius 1 is 1.60 bits per heavy atom. The topological polar surface area (TPSA) is 26.3 Å². The maximum absolute atomic E-state index is 11.7. The van der Waals surface area contributed by atoms with E-state index in [-0.39, 0.29) is 5.56 Å². The average molecular weight is 275 g/mol. The molecule has 82 valence electrons. The SMILES string of the molecule is CC(CCBr)c1cccc(C(=O)OF)c1. The van der Waals surface area contributed by atoms with Crippen molar-refractivity contribution < 1.29 is 14.3 Å². The summed E-state index contributed by atoms with van der Waals surface area (Å²) in [5.74, 6) is -0.611. The van der Waals surface area contributed by atoms with Crippen molar-refractivity contribution in [2.75, 3.05) is 5.33 Å². The minimum absolute atomic E-state index is 0.247. The molecule has 15 heavy (non-hydrogen) atoms. The van der Waals surface area contributed by atoms with E-state index in [9.17, 15) is 9.32 Å². The van der Waals surface area contributed by atoms with Crippen molar-refractivity contribution >= 4 is 21.9 Å². The molecule has 0 aliphatic rings. The quantitative estimate of drug-likeness (QED) is 0.784. The number of halogens is 2. The minimum Gasteiger partial charge on any atom is -0.249 e. The van der Waals surface area contributed by atoms with Crippen LogP contribution in [0.4, 0.5) is 4.53 Å². The van der Waals surface area contributed by atoms with Gasteiger partial charge in [0.1, 0.15) is 0 Å². The molecule has 0 aliphatic carbocycles. The molecule has 1 rings (SSSR count). The molecule has 1 aromatic carbocycles. The molecule has 1 atom stereocenters. The second-order valence-corrected chi connectivity index (χ2v) is 4.16. The van der Waals surface area contributed by atoms with Crippen LogP contribution in [0.2, 0.25) is 0 Å². The van der Waals surface area contributed by atoms with Gasteiger partial charge in [0.2, 0.25) is 0 Å². The van der Waals surface area contributed by atoms with Gasteiger partial charge in [0.15, 0.2) is 0 Å². The molecule has 0 bridgehead atoms. The van der Waals surface area contributed by atoms with E-state index in [1.54, 1.807) is 12.1 Å². The van der Waals surface area contributed by atoms with Crippen LogP contribution in [-0.4, -0.2) is 11.3 Å². The van der Waals surface area contributed by atoms with Gasteiger partial charge in [-0.1, -0.05) is 35.0 Å². The van der Waals surface area contributed by atoms with Crippen LogP contribution in [0.25, 0.3) is 0 Å². The number of benzene rings is 1. The maximum Gasteiger partial charge on any atom is 0.379 e. The van der Waals surface area contributed by atoms with Crippen molar-refractivity contribution in [2.45, 2.75) is 19.3 Å². The fourth-order valence-electron chi connectivity index (χ4n) is 1.35. The van der Waals surface area contributed by atoms with Gasteiger partial charge in [-0.2, -0.15) is 0 Å². The number of hydrogen-bond donors (Lipinski definition) is 0. The molecular weight excluding hydrogens is 263 g/mol. The maximum atomic E-state index is 11.7. The molecule has 1 unspecified atom stereocenters. The second kappa shape index (κ2) is 5.85. The van der Waals surface area contributed by atoms with E-state index in [2.05, 4.69) is 27.8 Å². The molecule has 0 aliphatic heterocycles. The van der Waals surface area contributed by atoms with Crippen LogP contribution in [0.1, 0.15) is 35.2 Å². The van der Waals surface area contributed by atoms with Crippen molar-refractivity contribution in [2.24, 2.45) is 0 Å². The largest absolute Gasteiger partial charge is 0.379 e. The Hall–Kier alpha value is -0.900. The molecule has 0 N–H and O–H groups in total. The summed E-state index contributed by atoms with van der Waals surface area (Å²) in [5.41, 5.74) is 1.26. The minimum atomic E-state index is -0.942. The van der Waals surface area contributed by atoms with Crippen LogP contribution in [0.3, 0.4) is 0 Å². The van der Waals surface area contributed by atoms with E-state index in [0.29, 0.717) is 5.92 Å². The van der Waals surface area contributed by atoms with Gasteiger partial charge in [0.05, 0.1) is 5.56 Å². The number of hydrogen-bond acceptors (Lipinski definition) is 2. The number of carbonyl (C=O) groups excluding carboxylic acids is 1. The predicted octanol–water partition coefficient (Wildman–Crippen LogP) is 3.62. The predicted molar refractivity (Wildman–Crippen MR) is 59.8 cm³/mol. The highest BCUT2D eigenvalue weighted by molar-refractivity contribution is 9.09. The van der Waals surface area contributed by atoms with Crippen molar-refractivity contribution in [1.82, 2.24) is 0 Å². The van der Waals surface area contributed by atoms with Gasteiger partial charge in [0, 0.05) is 9.86 Å². The van der Waals surface area contributed by atoms with E-state index in [0.717, 1.165) is 17.3 Å². The Morgan fingerprint density at radius 2 is 2.33 bits per heavy atom. The third kappa shape index (κ3) is 3.30. The molecule has 0 saturated heterocycles. The molecule has 0 aromatic heterocycles. The Morgan fingerprint density at radius 3 is 2.93 bits per heavy atom. The van der Waals surface area contributed by atoms with Crippen LogP contribution in [0, 0.1) is 0 Å². The lowest BCUT2D eigenvalue weighted by molar-refractivity contribution is -0.0788. The Labute approximate surface area is 96.5 Å². The fourth-order valence-corrected chi connectivity index (χ4v) is 2.03. The van der Waals surface area contributed by atoms with Gasteiger partial charge in [-0.25, -0.2) is 9.74 Å². The summed E-state index contributed by atoms with van der Waals surface area (Å²) < 4.78 is 11.7. The lowest BCUT2D eigenvalue weighted by Crippen LogP contribution is -2.01. The summed E-state index contributed by atoms with van der Waals surface area (Å²) in [6.07, 6.45) is 0.966. The summed E-state index contributed by atoms with van der Waals surface area (Å²) in [6.45, 7) is 2.06. The highest BCUT2D eigenvalue weighted by Gasteiger charge is 2.10. The molecule has 0 saturated carbocycles. The second-order valence-electron chi connectivity index (χ2n) is 3.37. The van der Waals surface area contributed by atoms with Crippen LogP contribution < -0.4 is 0 Å². The van der Waals surface area contributed by atoms with Gasteiger partial charge in [0.25, 0.3) is 0 Å². The van der Waals surface area contributed by atoms with E-state index in [1.165, 1.54) is 6.07 Å². The molecule has 0 radical (unpaired) electrons. The molecule has 2 nitrogen and oxygen atoms in total. The standard InChI is InChI=1S/C11H12BrFO2/c1-8(5-6-12)9-3-2-4-10(7-9)11(14)15-13/h2-4,7-8H,5-6H2,1H3. The lowest BCUT2D eigenvalue weighted by Gasteiger charge is -2.10. The van der Waals surface area contributed by atoms with E-state index >= 15 is 0 Å². The van der Waals surface area contributed by atoms with Crippen LogP contribution in [-0.2, 0) is 4.94 Å². The van der Waals surface area contributed by atoms with Crippen LogP contribution in [0.5, 0.6) is 0 Å². The highest BCUT2D eigenvalue weighted by Crippen LogP contribution is 2.21. The molecule has 0 fully saturated rings. The van der Waals surface area contributed by atoms with Gasteiger partial charge in [-0.05, 0) is 30.0 Å². The van der Waals surface area contributed by atoms with Gasteiger partial charge >= 0.3 is 5.97 Å². The molecule has 0 amide bonds. The summed E-state index contributed by atoms with van der Waals surface area (Å²) in [5, 5.41) is 0.895. The Balaban J connectivity index is 2.87. The smallest absolute Gasteiger partial charge is 0.249 e. The summed E-state index contributed by atoms with van der Waals surface area (Å²) in [7, 11) is 0. The first kappa shape index (κ1) is 12.2. The first-order valence-corrected chi connectivity index (χ1v) is 5.80. The summed E-state index contributed by atoms with van der Waals surface area (Å²) in [4.78, 5) is 14.1. The van der Waals surface area contributed by atoms with Crippen molar-refractivity contribution in [3.05, 3.63) is 35.4 Å². The Bertz CT molecular complexity index is 341. The first-order valence-electron chi connectivity index (χ1n) is 4.68. The normalized spacial score (nSPS) is 12.2. The number of alkyl halides is 1. The summed E-state index contributed by atoms with van der Waals surface area (Å²) in [6, 6.07) is 6.84. The molecule has 4 heteroatoms. The van der Waals surface area contributed by atoms with Crippen LogP contribution >= 0.6 is 15.9 Å². The van der Waals surface area contributed by atoms with E-state index in [1.807, 2.05) is 6.07 Å².